The Balaban J connectivity index is 1.55. The standard InChI is InChI=1S/C31H27FN2O5/c1-37-25-12-7-11-22(17-25)30(31(36)33-24-14-15-27-28(18-24)39-20-38-27)34(19-23-10-5-6-13-26(23)32)29(35)16-21-8-3-2-4-9-21/h2-15,17-18,30H,16,19-20H2,1H3,(H,33,36). The lowest BCUT2D eigenvalue weighted by Gasteiger charge is -2.32. The molecule has 1 aliphatic heterocycles. The molecule has 0 fully saturated rings. The fourth-order valence-electron chi connectivity index (χ4n) is 4.47. The highest BCUT2D eigenvalue weighted by atomic mass is 19.1. The van der Waals surface area contributed by atoms with Crippen molar-refractivity contribution in [3.63, 3.8) is 0 Å². The van der Waals surface area contributed by atoms with Crippen molar-refractivity contribution in [2.45, 2.75) is 19.0 Å². The Labute approximate surface area is 225 Å². The Morgan fingerprint density at radius 2 is 1.69 bits per heavy atom. The van der Waals surface area contributed by atoms with Crippen molar-refractivity contribution in [1.29, 1.82) is 0 Å². The quantitative estimate of drug-likeness (QED) is 0.311. The van der Waals surface area contributed by atoms with Crippen LogP contribution >= 0.6 is 0 Å². The fourth-order valence-corrected chi connectivity index (χ4v) is 4.47. The molecule has 1 N–H and O–H groups in total. The van der Waals surface area contributed by atoms with Gasteiger partial charge in [-0.3, -0.25) is 9.59 Å². The Bertz CT molecular complexity index is 1480. The number of halogens is 1. The fraction of sp³-hybridized carbons (Fsp3) is 0.161. The number of benzene rings is 4. The van der Waals surface area contributed by atoms with Gasteiger partial charge in [-0.1, -0.05) is 60.7 Å². The van der Waals surface area contributed by atoms with Crippen LogP contribution < -0.4 is 19.5 Å². The smallest absolute Gasteiger partial charge is 0.251 e. The summed E-state index contributed by atoms with van der Waals surface area (Å²) in [7, 11) is 1.53. The second-order valence-corrected chi connectivity index (χ2v) is 9.01. The summed E-state index contributed by atoms with van der Waals surface area (Å²) in [6, 6.07) is 26.4. The second kappa shape index (κ2) is 11.7. The van der Waals surface area contributed by atoms with E-state index in [-0.39, 0.29) is 25.7 Å². The summed E-state index contributed by atoms with van der Waals surface area (Å²) in [4.78, 5) is 29.2. The van der Waals surface area contributed by atoms with E-state index in [1.807, 2.05) is 30.3 Å². The molecule has 0 spiro atoms. The van der Waals surface area contributed by atoms with Gasteiger partial charge in [0.05, 0.1) is 13.5 Å². The molecule has 0 aromatic heterocycles. The Morgan fingerprint density at radius 3 is 2.49 bits per heavy atom. The van der Waals surface area contributed by atoms with E-state index in [0.717, 1.165) is 5.56 Å². The normalized spacial score (nSPS) is 12.5. The number of amides is 2. The van der Waals surface area contributed by atoms with Gasteiger partial charge in [-0.25, -0.2) is 4.39 Å². The predicted octanol–water partition coefficient (Wildman–Crippen LogP) is 5.51. The number of hydrogen-bond donors (Lipinski definition) is 1. The molecule has 1 atom stereocenters. The average Bonchev–Trinajstić information content (AvgIpc) is 3.42. The van der Waals surface area contributed by atoms with E-state index in [9.17, 15) is 14.0 Å². The van der Waals surface area contributed by atoms with Crippen molar-refractivity contribution in [2.75, 3.05) is 19.2 Å². The maximum absolute atomic E-state index is 14.8. The zero-order valence-corrected chi connectivity index (χ0v) is 21.3. The van der Waals surface area contributed by atoms with E-state index in [0.29, 0.717) is 34.1 Å². The maximum atomic E-state index is 14.8. The van der Waals surface area contributed by atoms with Gasteiger partial charge in [-0.15, -0.1) is 0 Å². The number of fused-ring (bicyclic) bond motifs is 1. The van der Waals surface area contributed by atoms with E-state index < -0.39 is 17.8 Å². The Kier molecular flexibility index (Phi) is 7.73. The van der Waals surface area contributed by atoms with Crippen molar-refractivity contribution in [3.8, 4) is 17.2 Å². The lowest BCUT2D eigenvalue weighted by molar-refractivity contribution is -0.139. The molecule has 1 unspecified atom stereocenters. The first-order valence-corrected chi connectivity index (χ1v) is 12.4. The summed E-state index contributed by atoms with van der Waals surface area (Å²) >= 11 is 0. The number of carbonyl (C=O) groups excluding carboxylic acids is 2. The van der Waals surface area contributed by atoms with E-state index in [1.54, 1.807) is 60.7 Å². The van der Waals surface area contributed by atoms with E-state index in [4.69, 9.17) is 14.2 Å². The molecule has 39 heavy (non-hydrogen) atoms. The average molecular weight is 527 g/mol. The number of methoxy groups -OCH3 is 1. The third kappa shape index (κ3) is 6.01. The number of ether oxygens (including phenoxy) is 3. The van der Waals surface area contributed by atoms with Gasteiger partial charge in [-0.2, -0.15) is 0 Å². The first-order valence-electron chi connectivity index (χ1n) is 12.4. The van der Waals surface area contributed by atoms with Crippen molar-refractivity contribution in [1.82, 2.24) is 4.90 Å². The van der Waals surface area contributed by atoms with Crippen LogP contribution in [0, 0.1) is 5.82 Å². The molecule has 4 aromatic rings. The van der Waals surface area contributed by atoms with Crippen molar-refractivity contribution in [3.05, 3.63) is 120 Å². The van der Waals surface area contributed by atoms with Crippen LogP contribution in [-0.2, 0) is 22.6 Å². The Morgan fingerprint density at radius 1 is 0.923 bits per heavy atom. The largest absolute Gasteiger partial charge is 0.497 e. The molecule has 5 rings (SSSR count). The number of rotatable bonds is 9. The van der Waals surface area contributed by atoms with Crippen molar-refractivity contribution < 1.29 is 28.2 Å². The van der Waals surface area contributed by atoms with Crippen LogP contribution in [0.15, 0.2) is 97.1 Å². The molecule has 8 heteroatoms. The van der Waals surface area contributed by atoms with E-state index in [1.165, 1.54) is 18.1 Å². The van der Waals surface area contributed by atoms with Crippen LogP contribution in [0.25, 0.3) is 0 Å². The van der Waals surface area contributed by atoms with E-state index in [2.05, 4.69) is 5.32 Å². The van der Waals surface area contributed by atoms with E-state index >= 15 is 0 Å². The summed E-state index contributed by atoms with van der Waals surface area (Å²) in [6.45, 7) is -0.0155. The number of anilines is 1. The predicted molar refractivity (Wildman–Crippen MR) is 144 cm³/mol. The van der Waals surface area contributed by atoms with Gasteiger partial charge >= 0.3 is 0 Å². The number of carbonyl (C=O) groups is 2. The van der Waals surface area contributed by atoms with Crippen molar-refractivity contribution >= 4 is 17.5 Å². The second-order valence-electron chi connectivity index (χ2n) is 9.01. The lowest BCUT2D eigenvalue weighted by atomic mass is 10.0. The highest BCUT2D eigenvalue weighted by Crippen LogP contribution is 2.35. The van der Waals surface area contributed by atoms with Gasteiger partial charge in [0, 0.05) is 23.9 Å². The summed E-state index contributed by atoms with van der Waals surface area (Å²) in [5.41, 5.74) is 2.06. The monoisotopic (exact) mass is 526 g/mol. The molecule has 0 saturated heterocycles. The van der Waals surface area contributed by atoms with Crippen LogP contribution in [0.3, 0.4) is 0 Å². The molecular weight excluding hydrogens is 499 g/mol. The lowest BCUT2D eigenvalue weighted by Crippen LogP contribution is -2.41. The molecule has 1 aliphatic rings. The first-order chi connectivity index (χ1) is 19.0. The van der Waals surface area contributed by atoms with Gasteiger partial charge in [0.1, 0.15) is 17.6 Å². The molecule has 1 heterocycles. The molecule has 0 saturated carbocycles. The topological polar surface area (TPSA) is 77.1 Å². The van der Waals surface area contributed by atoms with Crippen LogP contribution in [-0.4, -0.2) is 30.6 Å². The van der Waals surface area contributed by atoms with Gasteiger partial charge < -0.3 is 24.4 Å². The molecule has 0 aliphatic carbocycles. The van der Waals surface area contributed by atoms with Crippen molar-refractivity contribution in [2.24, 2.45) is 0 Å². The molecule has 7 nitrogen and oxygen atoms in total. The summed E-state index contributed by atoms with van der Waals surface area (Å²) in [6.07, 6.45) is 0.0348. The minimum atomic E-state index is -1.10. The minimum absolute atomic E-state index is 0.0348. The summed E-state index contributed by atoms with van der Waals surface area (Å²) in [5, 5.41) is 2.90. The minimum Gasteiger partial charge on any atom is -0.497 e. The number of hydrogen-bond acceptors (Lipinski definition) is 5. The maximum Gasteiger partial charge on any atom is 0.251 e. The molecule has 4 aromatic carbocycles. The van der Waals surface area contributed by atoms with Crippen LogP contribution in [0.5, 0.6) is 17.2 Å². The van der Waals surface area contributed by atoms with Crippen LogP contribution in [0.2, 0.25) is 0 Å². The van der Waals surface area contributed by atoms with Crippen LogP contribution in [0.4, 0.5) is 10.1 Å². The Hall–Kier alpha value is -4.85. The SMILES string of the molecule is COc1cccc(C(C(=O)Nc2ccc3c(c2)OCO3)N(Cc2ccccc2F)C(=O)Cc2ccccc2)c1. The summed E-state index contributed by atoms with van der Waals surface area (Å²) in [5.74, 6) is 0.342. The molecule has 0 bridgehead atoms. The molecule has 2 amide bonds. The molecule has 0 radical (unpaired) electrons. The van der Waals surface area contributed by atoms with Gasteiger partial charge in [0.15, 0.2) is 11.5 Å². The third-order valence-corrected chi connectivity index (χ3v) is 6.43. The first kappa shape index (κ1) is 25.8. The molecular formula is C31H27FN2O5. The highest BCUT2D eigenvalue weighted by molar-refractivity contribution is 5.98. The zero-order chi connectivity index (χ0) is 27.2. The molecule has 198 valence electrons. The highest BCUT2D eigenvalue weighted by Gasteiger charge is 2.33. The summed E-state index contributed by atoms with van der Waals surface area (Å²) < 4.78 is 31.0. The van der Waals surface area contributed by atoms with Crippen LogP contribution in [0.1, 0.15) is 22.7 Å². The zero-order valence-electron chi connectivity index (χ0n) is 21.3. The number of nitrogens with one attached hydrogen (secondary N) is 1. The third-order valence-electron chi connectivity index (χ3n) is 6.43. The van der Waals surface area contributed by atoms with Gasteiger partial charge in [0.2, 0.25) is 12.7 Å². The van der Waals surface area contributed by atoms with Gasteiger partial charge in [0.25, 0.3) is 5.91 Å². The van der Waals surface area contributed by atoms with Gasteiger partial charge in [-0.05, 0) is 41.5 Å². The number of nitrogens with zero attached hydrogens (tertiary/aromatic N) is 1.